The number of nitrogens with one attached hydrogen (secondary N) is 2. The Labute approximate surface area is 165 Å². The Bertz CT molecular complexity index is 838. The molecule has 1 aliphatic heterocycles. The Morgan fingerprint density at radius 2 is 2.10 bits per heavy atom. The summed E-state index contributed by atoms with van der Waals surface area (Å²) in [6.07, 6.45) is -2.96. The second-order valence-corrected chi connectivity index (χ2v) is 7.31. The number of carbonyl (C=O) groups excluding carboxylic acids is 1. The normalized spacial score (nSPS) is 30.5. The van der Waals surface area contributed by atoms with Gasteiger partial charge in [0.15, 0.2) is 6.23 Å². The van der Waals surface area contributed by atoms with Crippen LogP contribution in [0.1, 0.15) is 33.9 Å². The molecule has 4 N–H and O–H groups in total. The van der Waals surface area contributed by atoms with Gasteiger partial charge >= 0.3 is 11.7 Å². The third kappa shape index (κ3) is 5.08. The fourth-order valence-corrected chi connectivity index (χ4v) is 2.80. The van der Waals surface area contributed by atoms with Gasteiger partial charge in [-0.2, -0.15) is 0 Å². The second-order valence-electron chi connectivity index (χ2n) is 7.31. The topological polar surface area (TPSA) is 152 Å². The summed E-state index contributed by atoms with van der Waals surface area (Å²) >= 11 is 0. The highest BCUT2D eigenvalue weighted by Gasteiger charge is 2.63. The Hall–Kier alpha value is -2.12. The van der Waals surface area contributed by atoms with Crippen LogP contribution >= 0.6 is 0 Å². The lowest BCUT2D eigenvalue weighted by Crippen LogP contribution is -2.50. The van der Waals surface area contributed by atoms with E-state index in [2.05, 4.69) is 5.32 Å². The van der Waals surface area contributed by atoms with Crippen LogP contribution in [0.25, 0.3) is 0 Å². The van der Waals surface area contributed by atoms with E-state index in [1.807, 2.05) is 4.98 Å². The van der Waals surface area contributed by atoms with Crippen molar-refractivity contribution in [2.45, 2.75) is 63.6 Å². The van der Waals surface area contributed by atoms with Crippen LogP contribution in [0.4, 0.5) is 4.39 Å². The fraction of sp³-hybridized carbons (Fsp3) is 0.706. The number of nitrogens with zero attached hydrogens (tertiary/aromatic N) is 1. The zero-order chi connectivity index (χ0) is 22.0. The molecule has 1 aliphatic rings. The van der Waals surface area contributed by atoms with Gasteiger partial charge in [0.25, 0.3) is 11.4 Å². The third-order valence-electron chi connectivity index (χ3n) is 4.37. The molecule has 0 aromatic carbocycles. The van der Waals surface area contributed by atoms with Crippen LogP contribution in [0.3, 0.4) is 0 Å². The maximum absolute atomic E-state index is 15.1. The monoisotopic (exact) mass is 419 g/mol. The predicted molar refractivity (Wildman–Crippen MR) is 96.6 cm³/mol. The van der Waals surface area contributed by atoms with Crippen LogP contribution in [0.15, 0.2) is 21.9 Å². The maximum atomic E-state index is 15.1. The number of ether oxygens (including phenoxy) is 3. The van der Waals surface area contributed by atoms with Crippen LogP contribution in [-0.4, -0.2) is 68.8 Å². The first-order chi connectivity index (χ1) is 13.4. The van der Waals surface area contributed by atoms with Crippen LogP contribution in [0.5, 0.6) is 0 Å². The standard InChI is InChI=1S/C17H26FN3O8/c1-9(2)28-12(23)10(3)19-8-27-7-17(18)13(24)16(4,26)14(29-17)21-6-5-11(22)20-15(21)25/h5-6,9-10,13-14,19,24,26H,7-8H2,1-4H3,(H,20,22,25)/t10?,13-,14+,16+,17+/m0/s1. The molecule has 1 aromatic rings. The number of hydrogen-bond donors (Lipinski definition) is 4. The Morgan fingerprint density at radius 3 is 2.69 bits per heavy atom. The highest BCUT2D eigenvalue weighted by molar-refractivity contribution is 5.75. The van der Waals surface area contributed by atoms with E-state index in [-0.39, 0.29) is 12.8 Å². The van der Waals surface area contributed by atoms with Crippen molar-refractivity contribution in [1.82, 2.24) is 14.9 Å². The van der Waals surface area contributed by atoms with Crippen LogP contribution in [-0.2, 0) is 19.0 Å². The van der Waals surface area contributed by atoms with E-state index in [9.17, 15) is 24.6 Å². The molecule has 1 fully saturated rings. The molecule has 0 amide bonds. The van der Waals surface area contributed by atoms with Gasteiger partial charge in [0, 0.05) is 12.3 Å². The Kier molecular flexibility index (Phi) is 6.96. The average Bonchev–Trinajstić information content (AvgIpc) is 2.79. The molecule has 0 saturated carbocycles. The van der Waals surface area contributed by atoms with Gasteiger partial charge < -0.3 is 24.4 Å². The summed E-state index contributed by atoms with van der Waals surface area (Å²) in [5.74, 6) is -3.37. The summed E-state index contributed by atoms with van der Waals surface area (Å²) in [4.78, 5) is 36.8. The summed E-state index contributed by atoms with van der Waals surface area (Å²) in [6.45, 7) is 4.93. The molecule has 164 valence electrons. The molecule has 0 bridgehead atoms. The summed E-state index contributed by atoms with van der Waals surface area (Å²) < 4.78 is 31.1. The average molecular weight is 419 g/mol. The van der Waals surface area contributed by atoms with Crippen molar-refractivity contribution in [1.29, 1.82) is 0 Å². The molecular formula is C17H26FN3O8. The lowest BCUT2D eigenvalue weighted by molar-refractivity contribution is -0.217. The van der Waals surface area contributed by atoms with Crippen molar-refractivity contribution < 1.29 is 33.6 Å². The van der Waals surface area contributed by atoms with E-state index in [0.29, 0.717) is 0 Å². The molecule has 2 heterocycles. The number of hydrogen-bond acceptors (Lipinski definition) is 9. The van der Waals surface area contributed by atoms with Crippen molar-refractivity contribution >= 4 is 5.97 Å². The molecule has 12 heteroatoms. The molecule has 1 aromatic heterocycles. The van der Waals surface area contributed by atoms with Gasteiger partial charge in [-0.15, -0.1) is 0 Å². The number of halogens is 1. The first kappa shape index (κ1) is 23.2. The molecule has 5 atom stereocenters. The Balaban J connectivity index is 2.01. The molecule has 0 radical (unpaired) electrons. The van der Waals surface area contributed by atoms with Gasteiger partial charge in [-0.1, -0.05) is 0 Å². The predicted octanol–water partition coefficient (Wildman–Crippen LogP) is -1.25. The highest BCUT2D eigenvalue weighted by atomic mass is 19.2. The number of esters is 1. The molecule has 0 spiro atoms. The molecule has 29 heavy (non-hydrogen) atoms. The van der Waals surface area contributed by atoms with E-state index >= 15 is 4.39 Å². The summed E-state index contributed by atoms with van der Waals surface area (Å²) in [7, 11) is 0. The SMILES string of the molecule is CC(C)OC(=O)C(C)NCOC[C@@]1(F)O[C@@H](n2ccc(=O)[nH]c2=O)[C@](C)(O)[C@@H]1O. The van der Waals surface area contributed by atoms with Crippen molar-refractivity contribution in [2.24, 2.45) is 0 Å². The van der Waals surface area contributed by atoms with Crippen molar-refractivity contribution in [3.05, 3.63) is 33.1 Å². The van der Waals surface area contributed by atoms with E-state index in [4.69, 9.17) is 14.2 Å². The number of alkyl halides is 1. The minimum absolute atomic E-state index is 0.276. The molecule has 1 saturated heterocycles. The van der Waals surface area contributed by atoms with Gasteiger partial charge in [-0.05, 0) is 27.7 Å². The molecule has 0 aliphatic carbocycles. The summed E-state index contributed by atoms with van der Waals surface area (Å²) in [5, 5.41) is 23.4. The number of H-pyrrole nitrogens is 1. The van der Waals surface area contributed by atoms with Gasteiger partial charge in [0.2, 0.25) is 0 Å². The number of aliphatic hydroxyl groups excluding tert-OH is 1. The lowest BCUT2D eigenvalue weighted by Gasteiger charge is -2.27. The van der Waals surface area contributed by atoms with Crippen LogP contribution in [0.2, 0.25) is 0 Å². The molecular weight excluding hydrogens is 393 g/mol. The number of aliphatic hydroxyl groups is 2. The first-order valence-electron chi connectivity index (χ1n) is 8.98. The zero-order valence-corrected chi connectivity index (χ0v) is 16.5. The largest absolute Gasteiger partial charge is 0.462 e. The van der Waals surface area contributed by atoms with Crippen LogP contribution in [0, 0.1) is 0 Å². The van der Waals surface area contributed by atoms with Crippen molar-refractivity contribution in [2.75, 3.05) is 13.3 Å². The number of carbonyl (C=O) groups is 1. The zero-order valence-electron chi connectivity index (χ0n) is 16.5. The van der Waals surface area contributed by atoms with E-state index in [1.165, 1.54) is 6.92 Å². The number of aromatic amines is 1. The minimum Gasteiger partial charge on any atom is -0.462 e. The molecule has 1 unspecified atom stereocenters. The quantitative estimate of drug-likeness (QED) is 0.230. The van der Waals surface area contributed by atoms with Gasteiger partial charge in [-0.25, -0.2) is 9.18 Å². The van der Waals surface area contributed by atoms with Gasteiger partial charge in [-0.3, -0.25) is 24.5 Å². The first-order valence-corrected chi connectivity index (χ1v) is 8.98. The molecule has 2 rings (SSSR count). The smallest absolute Gasteiger partial charge is 0.330 e. The highest BCUT2D eigenvalue weighted by Crippen LogP contribution is 2.44. The summed E-state index contributed by atoms with van der Waals surface area (Å²) in [6, 6.07) is 0.265. The van der Waals surface area contributed by atoms with E-state index < -0.39 is 53.7 Å². The Morgan fingerprint density at radius 1 is 1.45 bits per heavy atom. The molecule has 11 nitrogen and oxygen atoms in total. The number of rotatable bonds is 8. The third-order valence-corrected chi connectivity index (χ3v) is 4.37. The second kappa shape index (κ2) is 8.71. The minimum atomic E-state index is -2.85. The lowest BCUT2D eigenvalue weighted by atomic mass is 9.95. The van der Waals surface area contributed by atoms with Crippen molar-refractivity contribution in [3.8, 4) is 0 Å². The van der Waals surface area contributed by atoms with Crippen molar-refractivity contribution in [3.63, 3.8) is 0 Å². The van der Waals surface area contributed by atoms with Gasteiger partial charge in [0.1, 0.15) is 24.4 Å². The maximum Gasteiger partial charge on any atom is 0.330 e. The van der Waals surface area contributed by atoms with E-state index in [1.54, 1.807) is 13.8 Å². The van der Waals surface area contributed by atoms with E-state index in [0.717, 1.165) is 23.8 Å². The summed E-state index contributed by atoms with van der Waals surface area (Å²) in [5.41, 5.74) is -3.84. The van der Waals surface area contributed by atoms with Gasteiger partial charge in [0.05, 0.1) is 12.8 Å². The number of aromatic nitrogens is 2. The fourth-order valence-electron chi connectivity index (χ4n) is 2.80. The van der Waals surface area contributed by atoms with Crippen LogP contribution < -0.4 is 16.6 Å².